The first-order chi connectivity index (χ1) is 16.7. The molecular formula is C23H40N4O9. The number of hydrogen-bond acceptors (Lipinski definition) is 11. The van der Waals surface area contributed by atoms with E-state index in [-0.39, 0.29) is 25.3 Å². The summed E-state index contributed by atoms with van der Waals surface area (Å²) >= 11 is 0. The van der Waals surface area contributed by atoms with Crippen molar-refractivity contribution in [1.29, 1.82) is 0 Å². The minimum atomic E-state index is -1.61. The zero-order chi connectivity index (χ0) is 27.2. The molecule has 1 heterocycles. The van der Waals surface area contributed by atoms with Crippen molar-refractivity contribution in [1.82, 2.24) is 10.6 Å². The second-order valence-corrected chi connectivity index (χ2v) is 10.2. The van der Waals surface area contributed by atoms with Crippen LogP contribution >= 0.6 is 0 Å². The molecule has 206 valence electrons. The number of amides is 2. The number of aliphatic hydroxyl groups excluding tert-OH is 4. The maximum absolute atomic E-state index is 12.4. The number of alkyl carbamates (subject to hydrolysis) is 1. The van der Waals surface area contributed by atoms with Crippen LogP contribution < -0.4 is 22.1 Å². The minimum absolute atomic E-state index is 0.127. The van der Waals surface area contributed by atoms with Crippen LogP contribution in [-0.4, -0.2) is 106 Å². The Kier molecular flexibility index (Phi) is 10.9. The summed E-state index contributed by atoms with van der Waals surface area (Å²) in [7, 11) is 0. The molecule has 0 spiro atoms. The molecule has 1 saturated heterocycles. The molecule has 1 saturated carbocycles. The van der Waals surface area contributed by atoms with Crippen LogP contribution in [0.1, 0.15) is 46.5 Å². The summed E-state index contributed by atoms with van der Waals surface area (Å²) in [5.74, 6) is 2.11. The third-order valence-corrected chi connectivity index (χ3v) is 5.99. The molecule has 0 aromatic carbocycles. The van der Waals surface area contributed by atoms with Crippen LogP contribution in [0.4, 0.5) is 4.79 Å². The average Bonchev–Trinajstić information content (AvgIpc) is 2.77. The highest BCUT2D eigenvalue weighted by Crippen LogP contribution is 2.28. The third kappa shape index (κ3) is 8.25. The van der Waals surface area contributed by atoms with E-state index in [1.165, 1.54) is 0 Å². The van der Waals surface area contributed by atoms with Crippen LogP contribution in [0.15, 0.2) is 0 Å². The highest BCUT2D eigenvalue weighted by molar-refractivity contribution is 5.75. The lowest BCUT2D eigenvalue weighted by molar-refractivity contribution is -0.292. The van der Waals surface area contributed by atoms with Crippen LogP contribution in [0.25, 0.3) is 0 Å². The number of rotatable bonds is 8. The number of aliphatic hydroxyl groups is 4. The molecule has 2 rings (SSSR count). The van der Waals surface area contributed by atoms with Gasteiger partial charge in [-0.3, -0.25) is 4.79 Å². The van der Waals surface area contributed by atoms with Gasteiger partial charge in [0.1, 0.15) is 42.2 Å². The summed E-state index contributed by atoms with van der Waals surface area (Å²) in [4.78, 5) is 24.5. The number of carbonyl (C=O) groups is 2. The monoisotopic (exact) mass is 516 g/mol. The van der Waals surface area contributed by atoms with Crippen molar-refractivity contribution in [3.8, 4) is 12.3 Å². The molecule has 0 aromatic heterocycles. The predicted molar refractivity (Wildman–Crippen MR) is 127 cm³/mol. The lowest BCUT2D eigenvalue weighted by atomic mass is 9.84. The summed E-state index contributed by atoms with van der Waals surface area (Å²) in [5.41, 5.74) is 11.0. The summed E-state index contributed by atoms with van der Waals surface area (Å²) < 4.78 is 16.9. The predicted octanol–water partition coefficient (Wildman–Crippen LogP) is -2.59. The van der Waals surface area contributed by atoms with Crippen molar-refractivity contribution in [2.24, 2.45) is 11.5 Å². The third-order valence-electron chi connectivity index (χ3n) is 5.99. The minimum Gasteiger partial charge on any atom is -0.444 e. The van der Waals surface area contributed by atoms with Crippen molar-refractivity contribution >= 4 is 12.0 Å². The molecule has 13 nitrogen and oxygen atoms in total. The molecule has 13 heteroatoms. The Bertz CT molecular complexity index is 787. The first kappa shape index (κ1) is 30.2. The summed E-state index contributed by atoms with van der Waals surface area (Å²) in [6.07, 6.45) is -4.21. The molecule has 1 aliphatic heterocycles. The molecule has 0 aromatic rings. The van der Waals surface area contributed by atoms with Crippen LogP contribution in [0.5, 0.6) is 0 Å². The summed E-state index contributed by atoms with van der Waals surface area (Å²) in [6.45, 7) is 4.76. The highest BCUT2D eigenvalue weighted by atomic mass is 16.7. The Morgan fingerprint density at radius 1 is 1.08 bits per heavy atom. The summed E-state index contributed by atoms with van der Waals surface area (Å²) in [5, 5.41) is 47.2. The van der Waals surface area contributed by atoms with Crippen molar-refractivity contribution in [2.45, 2.75) is 113 Å². The fourth-order valence-corrected chi connectivity index (χ4v) is 4.09. The molecule has 36 heavy (non-hydrogen) atoms. The van der Waals surface area contributed by atoms with Gasteiger partial charge in [-0.1, -0.05) is 0 Å². The van der Waals surface area contributed by atoms with E-state index in [0.29, 0.717) is 12.8 Å². The van der Waals surface area contributed by atoms with Crippen molar-refractivity contribution in [3.05, 3.63) is 0 Å². The fraction of sp³-hybridized carbons (Fsp3) is 0.826. The van der Waals surface area contributed by atoms with Crippen molar-refractivity contribution < 1.29 is 44.2 Å². The Labute approximate surface area is 210 Å². The van der Waals surface area contributed by atoms with E-state index in [4.69, 9.17) is 32.1 Å². The molecule has 2 fully saturated rings. The van der Waals surface area contributed by atoms with Crippen molar-refractivity contribution in [3.63, 3.8) is 0 Å². The van der Waals surface area contributed by atoms with Gasteiger partial charge in [0.05, 0.1) is 6.10 Å². The second kappa shape index (κ2) is 13.0. The zero-order valence-electron chi connectivity index (χ0n) is 20.9. The van der Waals surface area contributed by atoms with Gasteiger partial charge in [0.2, 0.25) is 5.91 Å². The van der Waals surface area contributed by atoms with E-state index >= 15 is 0 Å². The SMILES string of the molecule is C#CCCCC(=O)NCC1O[C@@H](O[C@H]2C(N)C[C@@H](N)C(O)[C@H]2O)C(NC(=O)OC(C)(C)C)[C@@H](O)[C@H]1O. The van der Waals surface area contributed by atoms with Gasteiger partial charge in [-0.05, 0) is 33.6 Å². The van der Waals surface area contributed by atoms with Crippen LogP contribution in [0, 0.1) is 12.3 Å². The van der Waals surface area contributed by atoms with Gasteiger partial charge in [0.15, 0.2) is 6.29 Å². The van der Waals surface area contributed by atoms with Crippen molar-refractivity contribution in [2.75, 3.05) is 6.54 Å². The molecule has 2 amide bonds. The average molecular weight is 517 g/mol. The molecular weight excluding hydrogens is 476 g/mol. The molecule has 0 radical (unpaired) electrons. The van der Waals surface area contributed by atoms with Gasteiger partial charge in [-0.25, -0.2) is 4.79 Å². The van der Waals surface area contributed by atoms with E-state index < -0.39 is 72.7 Å². The molecule has 10 atom stereocenters. The first-order valence-electron chi connectivity index (χ1n) is 12.0. The van der Waals surface area contributed by atoms with E-state index in [2.05, 4.69) is 16.6 Å². The van der Waals surface area contributed by atoms with E-state index in [1.807, 2.05) is 0 Å². The maximum atomic E-state index is 12.4. The second-order valence-electron chi connectivity index (χ2n) is 10.2. The Morgan fingerprint density at radius 2 is 1.75 bits per heavy atom. The Hall–Kier alpha value is -2.02. The highest BCUT2D eigenvalue weighted by Gasteiger charge is 2.50. The van der Waals surface area contributed by atoms with Gasteiger partial charge in [0, 0.05) is 31.5 Å². The largest absolute Gasteiger partial charge is 0.444 e. The zero-order valence-corrected chi connectivity index (χ0v) is 20.9. The number of hydrogen-bond donors (Lipinski definition) is 8. The van der Waals surface area contributed by atoms with Crippen LogP contribution in [0.3, 0.4) is 0 Å². The molecule has 1 aliphatic carbocycles. The van der Waals surface area contributed by atoms with Crippen LogP contribution in [-0.2, 0) is 19.0 Å². The first-order valence-corrected chi connectivity index (χ1v) is 12.0. The van der Waals surface area contributed by atoms with E-state index in [1.54, 1.807) is 20.8 Å². The van der Waals surface area contributed by atoms with E-state index in [0.717, 1.165) is 0 Å². The molecule has 0 bridgehead atoms. The van der Waals surface area contributed by atoms with Gasteiger partial charge < -0.3 is 56.7 Å². The van der Waals surface area contributed by atoms with Crippen LogP contribution in [0.2, 0.25) is 0 Å². The molecule has 4 unspecified atom stereocenters. The number of carbonyl (C=O) groups excluding carboxylic acids is 2. The fourth-order valence-electron chi connectivity index (χ4n) is 4.09. The lowest BCUT2D eigenvalue weighted by Crippen LogP contribution is -2.69. The van der Waals surface area contributed by atoms with Gasteiger partial charge in [-0.2, -0.15) is 0 Å². The number of terminal acetylenes is 1. The Balaban J connectivity index is 2.18. The van der Waals surface area contributed by atoms with E-state index in [9.17, 15) is 30.0 Å². The Morgan fingerprint density at radius 3 is 2.36 bits per heavy atom. The maximum Gasteiger partial charge on any atom is 0.408 e. The van der Waals surface area contributed by atoms with Gasteiger partial charge >= 0.3 is 6.09 Å². The number of nitrogens with one attached hydrogen (secondary N) is 2. The number of nitrogens with two attached hydrogens (primary N) is 2. The topological polar surface area (TPSA) is 219 Å². The molecule has 2 aliphatic rings. The van der Waals surface area contributed by atoms with Gasteiger partial charge in [-0.15, -0.1) is 12.3 Å². The lowest BCUT2D eigenvalue weighted by Gasteiger charge is -2.46. The smallest absolute Gasteiger partial charge is 0.408 e. The number of ether oxygens (including phenoxy) is 3. The molecule has 10 N–H and O–H groups in total. The van der Waals surface area contributed by atoms with Gasteiger partial charge in [0.25, 0.3) is 0 Å². The quantitative estimate of drug-likeness (QED) is 0.124. The normalized spacial score (nSPS) is 37.0. The number of unbranched alkanes of at least 4 members (excludes halogenated alkanes) is 1. The standard InChI is InChI=1S/C23H40N4O9/c1-5-6-7-8-14(28)26-10-13-17(30)18(31)15(27-22(33)36-23(2,3)4)21(34-13)35-20-12(25)9-11(24)16(29)19(20)32/h1,11-13,15-21,29-32H,6-10,24-25H2,2-4H3,(H,26,28)(H,27,33)/t11-,12?,13?,15?,16?,17+,18-,19-,20+,21+/m1/s1. The summed E-state index contributed by atoms with van der Waals surface area (Å²) in [6, 6.07) is -2.92.